The van der Waals surface area contributed by atoms with Gasteiger partial charge in [-0.2, -0.15) is 0 Å². The Balaban J connectivity index is 1.79. The van der Waals surface area contributed by atoms with Gasteiger partial charge in [0.15, 0.2) is 0 Å². The Kier molecular flexibility index (Phi) is 4.45. The largest absolute Gasteiger partial charge is 0.494 e. The van der Waals surface area contributed by atoms with Crippen molar-refractivity contribution in [1.29, 1.82) is 0 Å². The minimum Gasteiger partial charge on any atom is -0.494 e. The van der Waals surface area contributed by atoms with E-state index in [-0.39, 0.29) is 6.04 Å². The molecule has 4 heteroatoms. The number of carbonyl (C=O) groups is 1. The molecule has 1 aromatic rings. The van der Waals surface area contributed by atoms with E-state index in [0.717, 1.165) is 31.4 Å². The second-order valence-corrected chi connectivity index (χ2v) is 4.58. The van der Waals surface area contributed by atoms with Crippen LogP contribution in [0.5, 0.6) is 5.75 Å². The summed E-state index contributed by atoms with van der Waals surface area (Å²) in [5.74, 6) is 0.843. The first kappa shape index (κ1) is 12.7. The third-order valence-corrected chi connectivity index (χ3v) is 3.34. The molecule has 0 aliphatic carbocycles. The molecule has 0 radical (unpaired) electrons. The third kappa shape index (κ3) is 3.39. The first-order valence-electron chi connectivity index (χ1n) is 6.45. The summed E-state index contributed by atoms with van der Waals surface area (Å²) in [6.07, 6.45) is 2.99. The molecule has 4 nitrogen and oxygen atoms in total. The number of ether oxygens (including phenoxy) is 1. The van der Waals surface area contributed by atoms with E-state index in [1.807, 2.05) is 30.3 Å². The highest BCUT2D eigenvalue weighted by atomic mass is 16.5. The Hall–Kier alpha value is -1.71. The molecule has 1 aliphatic heterocycles. The summed E-state index contributed by atoms with van der Waals surface area (Å²) in [5.41, 5.74) is 0. The molecule has 1 aliphatic rings. The zero-order chi connectivity index (χ0) is 12.8. The van der Waals surface area contributed by atoms with E-state index in [4.69, 9.17) is 9.84 Å². The fourth-order valence-electron chi connectivity index (χ4n) is 2.38. The molecule has 1 atom stereocenters. The van der Waals surface area contributed by atoms with Gasteiger partial charge in [-0.25, -0.2) is 4.79 Å². The normalized spacial score (nSPS) is 19.6. The highest BCUT2D eigenvalue weighted by Crippen LogP contribution is 2.20. The second-order valence-electron chi connectivity index (χ2n) is 4.58. The topological polar surface area (TPSA) is 49.8 Å². The molecule has 1 amide bonds. The van der Waals surface area contributed by atoms with Crippen LogP contribution in [-0.4, -0.2) is 35.3 Å². The number of carboxylic acid groups (broad SMARTS) is 1. The van der Waals surface area contributed by atoms with Crippen LogP contribution in [-0.2, 0) is 0 Å². The Labute approximate surface area is 107 Å². The second kappa shape index (κ2) is 6.28. The van der Waals surface area contributed by atoms with E-state index in [2.05, 4.69) is 0 Å². The van der Waals surface area contributed by atoms with Gasteiger partial charge < -0.3 is 14.7 Å². The van der Waals surface area contributed by atoms with Gasteiger partial charge in [-0.15, -0.1) is 0 Å². The smallest absolute Gasteiger partial charge is 0.407 e. The molecule has 0 aromatic heterocycles. The van der Waals surface area contributed by atoms with Gasteiger partial charge in [0.05, 0.1) is 6.61 Å². The summed E-state index contributed by atoms with van der Waals surface area (Å²) in [6.45, 7) is 1.23. The summed E-state index contributed by atoms with van der Waals surface area (Å²) in [6, 6.07) is 9.74. The number of nitrogens with zero attached hydrogens (tertiary/aromatic N) is 1. The van der Waals surface area contributed by atoms with Crippen LogP contribution in [0, 0.1) is 0 Å². The van der Waals surface area contributed by atoms with Crippen LogP contribution in [0.4, 0.5) is 4.79 Å². The van der Waals surface area contributed by atoms with Crippen LogP contribution < -0.4 is 4.74 Å². The highest BCUT2D eigenvalue weighted by Gasteiger charge is 2.25. The molecule has 0 saturated carbocycles. The fourth-order valence-corrected chi connectivity index (χ4v) is 2.38. The average molecular weight is 249 g/mol. The minimum absolute atomic E-state index is 0.111. The number of benzene rings is 1. The molecule has 1 saturated heterocycles. The SMILES string of the molecule is O=C(O)N1CCCC[C@@H]1CCOc1ccccc1. The molecule has 0 bridgehead atoms. The van der Waals surface area contributed by atoms with E-state index in [9.17, 15) is 4.79 Å². The van der Waals surface area contributed by atoms with Crippen molar-refractivity contribution in [2.24, 2.45) is 0 Å². The van der Waals surface area contributed by atoms with E-state index in [1.54, 1.807) is 4.90 Å². The molecule has 2 rings (SSSR count). The lowest BCUT2D eigenvalue weighted by Gasteiger charge is -2.33. The molecule has 18 heavy (non-hydrogen) atoms. The van der Waals surface area contributed by atoms with Crippen molar-refractivity contribution in [3.05, 3.63) is 30.3 Å². The minimum atomic E-state index is -0.806. The number of hydrogen-bond acceptors (Lipinski definition) is 2. The number of likely N-dealkylation sites (tertiary alicyclic amines) is 1. The van der Waals surface area contributed by atoms with Gasteiger partial charge >= 0.3 is 6.09 Å². The summed E-state index contributed by atoms with van der Waals surface area (Å²) >= 11 is 0. The number of hydrogen-bond donors (Lipinski definition) is 1. The summed E-state index contributed by atoms with van der Waals surface area (Å²) in [7, 11) is 0. The Morgan fingerprint density at radius 3 is 2.83 bits per heavy atom. The van der Waals surface area contributed by atoms with Gasteiger partial charge in [-0.05, 0) is 31.4 Å². The Morgan fingerprint density at radius 2 is 2.11 bits per heavy atom. The molecule has 1 fully saturated rings. The number of rotatable bonds is 4. The molecule has 1 N–H and O–H groups in total. The quantitative estimate of drug-likeness (QED) is 0.892. The van der Waals surface area contributed by atoms with Crippen molar-refractivity contribution >= 4 is 6.09 Å². The monoisotopic (exact) mass is 249 g/mol. The van der Waals surface area contributed by atoms with Crippen LogP contribution in [0.3, 0.4) is 0 Å². The number of piperidine rings is 1. The van der Waals surface area contributed by atoms with Crippen molar-refractivity contribution in [2.45, 2.75) is 31.7 Å². The summed E-state index contributed by atoms with van der Waals surface area (Å²) in [5, 5.41) is 9.11. The maximum atomic E-state index is 11.1. The standard InChI is InChI=1S/C14H19NO3/c16-14(17)15-10-5-4-6-12(15)9-11-18-13-7-2-1-3-8-13/h1-3,7-8,12H,4-6,9-11H2,(H,16,17)/t12-/m1/s1. The van der Waals surface area contributed by atoms with Crippen molar-refractivity contribution in [2.75, 3.05) is 13.2 Å². The van der Waals surface area contributed by atoms with Gasteiger partial charge in [0.25, 0.3) is 0 Å². The zero-order valence-corrected chi connectivity index (χ0v) is 10.4. The fraction of sp³-hybridized carbons (Fsp3) is 0.500. The van der Waals surface area contributed by atoms with Gasteiger partial charge in [-0.3, -0.25) is 0 Å². The average Bonchev–Trinajstić information content (AvgIpc) is 2.40. The lowest BCUT2D eigenvalue weighted by atomic mass is 10.0. The summed E-state index contributed by atoms with van der Waals surface area (Å²) < 4.78 is 5.62. The van der Waals surface area contributed by atoms with E-state index in [0.29, 0.717) is 13.2 Å². The van der Waals surface area contributed by atoms with E-state index < -0.39 is 6.09 Å². The maximum absolute atomic E-state index is 11.1. The molecular weight excluding hydrogens is 230 g/mol. The molecular formula is C14H19NO3. The van der Waals surface area contributed by atoms with Gasteiger partial charge in [0.2, 0.25) is 0 Å². The third-order valence-electron chi connectivity index (χ3n) is 3.34. The molecule has 0 spiro atoms. The van der Waals surface area contributed by atoms with Crippen molar-refractivity contribution < 1.29 is 14.6 Å². The number of amides is 1. The Bertz CT molecular complexity index is 380. The molecule has 1 heterocycles. The van der Waals surface area contributed by atoms with Crippen molar-refractivity contribution in [3.63, 3.8) is 0 Å². The Morgan fingerprint density at radius 1 is 1.33 bits per heavy atom. The molecule has 1 aromatic carbocycles. The van der Waals surface area contributed by atoms with Gasteiger partial charge in [-0.1, -0.05) is 18.2 Å². The predicted molar refractivity (Wildman–Crippen MR) is 68.9 cm³/mol. The highest BCUT2D eigenvalue weighted by molar-refractivity contribution is 5.65. The van der Waals surface area contributed by atoms with Crippen LogP contribution in [0.25, 0.3) is 0 Å². The lowest BCUT2D eigenvalue weighted by molar-refractivity contribution is 0.0967. The molecule has 98 valence electrons. The van der Waals surface area contributed by atoms with Crippen molar-refractivity contribution in [1.82, 2.24) is 4.90 Å². The predicted octanol–water partition coefficient (Wildman–Crippen LogP) is 2.99. The van der Waals surface area contributed by atoms with Crippen LogP contribution in [0.1, 0.15) is 25.7 Å². The first-order chi connectivity index (χ1) is 8.77. The molecule has 0 unspecified atom stereocenters. The van der Waals surface area contributed by atoms with Crippen LogP contribution in [0.15, 0.2) is 30.3 Å². The summed E-state index contributed by atoms with van der Waals surface area (Å²) in [4.78, 5) is 12.6. The lowest BCUT2D eigenvalue weighted by Crippen LogP contribution is -2.43. The van der Waals surface area contributed by atoms with E-state index in [1.165, 1.54) is 0 Å². The van der Waals surface area contributed by atoms with Crippen LogP contribution in [0.2, 0.25) is 0 Å². The zero-order valence-electron chi connectivity index (χ0n) is 10.4. The van der Waals surface area contributed by atoms with Gasteiger partial charge in [0.1, 0.15) is 5.75 Å². The van der Waals surface area contributed by atoms with Crippen LogP contribution >= 0.6 is 0 Å². The maximum Gasteiger partial charge on any atom is 0.407 e. The van der Waals surface area contributed by atoms with Gasteiger partial charge in [0, 0.05) is 19.0 Å². The van der Waals surface area contributed by atoms with E-state index >= 15 is 0 Å². The van der Waals surface area contributed by atoms with Crippen molar-refractivity contribution in [3.8, 4) is 5.75 Å². The number of para-hydroxylation sites is 1. The first-order valence-corrected chi connectivity index (χ1v) is 6.45.